The topological polar surface area (TPSA) is 55.2 Å². The molecule has 5 heteroatoms. The zero-order valence-corrected chi connectivity index (χ0v) is 13.8. The molecular formula is C19H19N3O2. The molecule has 122 valence electrons. The van der Waals surface area contributed by atoms with Crippen molar-refractivity contribution in [3.8, 4) is 0 Å². The number of rotatable bonds is 4. The molecule has 0 fully saturated rings. The summed E-state index contributed by atoms with van der Waals surface area (Å²) in [5, 5.41) is 6.37. The Balaban J connectivity index is 1.93. The van der Waals surface area contributed by atoms with Crippen LogP contribution < -0.4 is 10.5 Å². The molecule has 0 saturated carbocycles. The van der Waals surface area contributed by atoms with E-state index in [2.05, 4.69) is 5.10 Å². The number of hydrogen-bond donors (Lipinski definition) is 0. The Bertz CT molecular complexity index is 946. The van der Waals surface area contributed by atoms with E-state index in [1.54, 1.807) is 11.9 Å². The average Bonchev–Trinajstić information content (AvgIpc) is 2.62. The number of aryl methyl sites for hydroxylation is 1. The Hall–Kier alpha value is -2.95. The van der Waals surface area contributed by atoms with Crippen LogP contribution in [0.2, 0.25) is 0 Å². The molecule has 3 aromatic rings. The van der Waals surface area contributed by atoms with E-state index in [0.29, 0.717) is 6.54 Å². The molecule has 24 heavy (non-hydrogen) atoms. The molecule has 3 rings (SSSR count). The van der Waals surface area contributed by atoms with Gasteiger partial charge in [-0.15, -0.1) is 0 Å². The fourth-order valence-corrected chi connectivity index (χ4v) is 2.61. The lowest BCUT2D eigenvalue weighted by atomic mass is 10.1. The third-order valence-electron chi connectivity index (χ3n) is 3.95. The van der Waals surface area contributed by atoms with Gasteiger partial charge >= 0.3 is 0 Å². The van der Waals surface area contributed by atoms with Gasteiger partial charge in [0.2, 0.25) is 0 Å². The third kappa shape index (κ3) is 3.06. The van der Waals surface area contributed by atoms with Crippen LogP contribution in [0.4, 0.5) is 5.69 Å². The Morgan fingerprint density at radius 3 is 2.58 bits per heavy atom. The van der Waals surface area contributed by atoms with Crippen molar-refractivity contribution in [2.75, 3.05) is 11.9 Å². The van der Waals surface area contributed by atoms with Crippen LogP contribution in [0.15, 0.2) is 59.4 Å². The third-order valence-corrected chi connectivity index (χ3v) is 3.95. The highest BCUT2D eigenvalue weighted by atomic mass is 16.2. The zero-order valence-electron chi connectivity index (χ0n) is 13.8. The molecule has 0 aliphatic carbocycles. The molecule has 0 saturated heterocycles. The van der Waals surface area contributed by atoms with Gasteiger partial charge in [-0.2, -0.15) is 5.10 Å². The molecule has 0 spiro atoms. The first-order valence-corrected chi connectivity index (χ1v) is 7.95. The summed E-state index contributed by atoms with van der Waals surface area (Å²) >= 11 is 0. The van der Waals surface area contributed by atoms with E-state index in [1.165, 1.54) is 16.8 Å². The summed E-state index contributed by atoms with van der Waals surface area (Å²) in [4.78, 5) is 26.0. The normalized spacial score (nSPS) is 10.8. The van der Waals surface area contributed by atoms with Gasteiger partial charge in [-0.1, -0.05) is 37.3 Å². The van der Waals surface area contributed by atoms with Crippen LogP contribution in [-0.4, -0.2) is 22.7 Å². The van der Waals surface area contributed by atoms with Crippen molar-refractivity contribution < 1.29 is 4.79 Å². The predicted octanol–water partition coefficient (Wildman–Crippen LogP) is 3.08. The molecule has 1 aromatic heterocycles. The van der Waals surface area contributed by atoms with E-state index >= 15 is 0 Å². The Kier molecular flexibility index (Phi) is 4.42. The van der Waals surface area contributed by atoms with Crippen LogP contribution in [-0.2, 0) is 6.54 Å². The van der Waals surface area contributed by atoms with E-state index < -0.39 is 0 Å². The molecule has 0 bridgehead atoms. The monoisotopic (exact) mass is 321 g/mol. The number of fused-ring (bicyclic) bond motifs is 1. The van der Waals surface area contributed by atoms with E-state index in [1.807, 2.05) is 49.4 Å². The highest BCUT2D eigenvalue weighted by Gasteiger charge is 2.16. The molecule has 1 heterocycles. The minimum atomic E-state index is -0.241. The minimum Gasteiger partial charge on any atom is -0.310 e. The highest BCUT2D eigenvalue weighted by molar-refractivity contribution is 6.05. The maximum atomic E-state index is 12.7. The van der Waals surface area contributed by atoms with E-state index in [-0.39, 0.29) is 17.2 Å². The lowest BCUT2D eigenvalue weighted by Crippen LogP contribution is -2.31. The van der Waals surface area contributed by atoms with Gasteiger partial charge in [0, 0.05) is 25.3 Å². The summed E-state index contributed by atoms with van der Waals surface area (Å²) in [6.45, 7) is 2.46. The van der Waals surface area contributed by atoms with Gasteiger partial charge in [-0.25, -0.2) is 4.68 Å². The minimum absolute atomic E-state index is 0.193. The van der Waals surface area contributed by atoms with Crippen LogP contribution >= 0.6 is 0 Å². The molecule has 0 N–H and O–H groups in total. The first-order chi connectivity index (χ1) is 11.6. The zero-order chi connectivity index (χ0) is 17.1. The van der Waals surface area contributed by atoms with Gasteiger partial charge in [0.15, 0.2) is 0 Å². The van der Waals surface area contributed by atoms with Crippen molar-refractivity contribution in [2.45, 2.75) is 19.9 Å². The van der Waals surface area contributed by atoms with Gasteiger partial charge in [0.05, 0.1) is 0 Å². The fraction of sp³-hybridized carbons (Fsp3) is 0.211. The number of anilines is 1. The molecule has 2 aromatic carbocycles. The van der Waals surface area contributed by atoms with Crippen molar-refractivity contribution >= 4 is 22.4 Å². The van der Waals surface area contributed by atoms with Crippen molar-refractivity contribution in [1.82, 2.24) is 9.78 Å². The van der Waals surface area contributed by atoms with Crippen LogP contribution in [0, 0.1) is 0 Å². The van der Waals surface area contributed by atoms with Gasteiger partial charge in [0.25, 0.3) is 11.5 Å². The number of nitrogens with zero attached hydrogens (tertiary/aromatic N) is 3. The molecule has 0 aliphatic rings. The van der Waals surface area contributed by atoms with E-state index in [4.69, 9.17) is 0 Å². The largest absolute Gasteiger partial charge is 0.310 e. The maximum Gasteiger partial charge on any atom is 0.278 e. The van der Waals surface area contributed by atoms with Crippen LogP contribution in [0.3, 0.4) is 0 Å². The number of aromatic nitrogens is 2. The van der Waals surface area contributed by atoms with Crippen LogP contribution in [0.1, 0.15) is 23.8 Å². The second kappa shape index (κ2) is 6.66. The quantitative estimate of drug-likeness (QED) is 0.742. The molecule has 0 unspecified atom stereocenters. The maximum absolute atomic E-state index is 12.7. The van der Waals surface area contributed by atoms with E-state index in [0.717, 1.165) is 22.9 Å². The summed E-state index contributed by atoms with van der Waals surface area (Å²) in [6, 6.07) is 16.7. The van der Waals surface area contributed by atoms with E-state index in [9.17, 15) is 9.59 Å². The standard InChI is InChI=1S/C19H19N3O2/c1-3-12-22-18(23)11-10-17(20-22)19(24)21(2)16-9-8-14-6-4-5-7-15(14)13-16/h4-11,13H,3,12H2,1-2H3. The lowest BCUT2D eigenvalue weighted by molar-refractivity contribution is 0.0985. The summed E-state index contributed by atoms with van der Waals surface area (Å²) in [5.41, 5.74) is 0.856. The van der Waals surface area contributed by atoms with Crippen molar-refractivity contribution in [3.05, 3.63) is 70.6 Å². The molecule has 0 aliphatic heterocycles. The molecule has 1 amide bonds. The summed E-state index contributed by atoms with van der Waals surface area (Å²) in [7, 11) is 1.71. The number of carbonyl (C=O) groups is 1. The summed E-state index contributed by atoms with van der Waals surface area (Å²) in [5.74, 6) is -0.241. The first-order valence-electron chi connectivity index (χ1n) is 7.95. The Labute approximate surface area is 140 Å². The molecular weight excluding hydrogens is 302 g/mol. The van der Waals surface area contributed by atoms with Gasteiger partial charge in [0.1, 0.15) is 5.69 Å². The SMILES string of the molecule is CCCn1nc(C(=O)N(C)c2ccc3ccccc3c2)ccc1=O. The van der Waals surface area contributed by atoms with Crippen molar-refractivity contribution in [2.24, 2.45) is 0 Å². The van der Waals surface area contributed by atoms with Gasteiger partial charge in [-0.3, -0.25) is 9.59 Å². The first kappa shape index (κ1) is 15.9. The second-order valence-corrected chi connectivity index (χ2v) is 5.68. The lowest BCUT2D eigenvalue weighted by Gasteiger charge is -2.18. The van der Waals surface area contributed by atoms with Crippen LogP contribution in [0.25, 0.3) is 10.8 Å². The molecule has 0 radical (unpaired) electrons. The Morgan fingerprint density at radius 2 is 1.83 bits per heavy atom. The number of carbonyl (C=O) groups excluding carboxylic acids is 1. The number of benzene rings is 2. The number of hydrogen-bond acceptors (Lipinski definition) is 3. The summed E-state index contributed by atoms with van der Waals surface area (Å²) in [6.07, 6.45) is 0.783. The van der Waals surface area contributed by atoms with Gasteiger partial charge in [-0.05, 0) is 35.4 Å². The molecule has 0 atom stereocenters. The average molecular weight is 321 g/mol. The fourth-order valence-electron chi connectivity index (χ4n) is 2.61. The smallest absolute Gasteiger partial charge is 0.278 e. The van der Waals surface area contributed by atoms with Crippen molar-refractivity contribution in [1.29, 1.82) is 0 Å². The second-order valence-electron chi connectivity index (χ2n) is 5.68. The van der Waals surface area contributed by atoms with Gasteiger partial charge < -0.3 is 4.90 Å². The predicted molar refractivity (Wildman–Crippen MR) is 95.5 cm³/mol. The number of amides is 1. The van der Waals surface area contributed by atoms with Crippen LogP contribution in [0.5, 0.6) is 0 Å². The molecule has 5 nitrogen and oxygen atoms in total. The summed E-state index contributed by atoms with van der Waals surface area (Å²) < 4.78 is 1.33. The Morgan fingerprint density at radius 1 is 1.08 bits per heavy atom. The van der Waals surface area contributed by atoms with Crippen molar-refractivity contribution in [3.63, 3.8) is 0 Å². The highest BCUT2D eigenvalue weighted by Crippen LogP contribution is 2.22.